The van der Waals surface area contributed by atoms with Gasteiger partial charge in [-0.15, -0.1) is 0 Å². The molecule has 0 bridgehead atoms. The van der Waals surface area contributed by atoms with E-state index in [1.54, 1.807) is 28.4 Å². The number of ether oxygens (including phenoxy) is 6. The van der Waals surface area contributed by atoms with E-state index in [0.717, 1.165) is 55.6 Å². The van der Waals surface area contributed by atoms with E-state index in [1.165, 1.54) is 0 Å². The van der Waals surface area contributed by atoms with Gasteiger partial charge >= 0.3 is 0 Å². The monoisotopic (exact) mass is 1270 g/mol. The lowest BCUT2D eigenvalue weighted by atomic mass is 9.79. The van der Waals surface area contributed by atoms with Crippen molar-refractivity contribution in [3.05, 3.63) is 165 Å². The second-order valence-corrected chi connectivity index (χ2v) is 37.5. The van der Waals surface area contributed by atoms with Crippen LogP contribution in [0.3, 0.4) is 0 Å². The van der Waals surface area contributed by atoms with Gasteiger partial charge in [-0.1, -0.05) is 227 Å². The molecule has 0 amide bonds. The first-order valence-corrected chi connectivity index (χ1v) is 35.2. The number of rotatable bonds is 20. The predicted octanol–water partition coefficient (Wildman–Crippen LogP) is 18.8. The summed E-state index contributed by atoms with van der Waals surface area (Å²) >= 11 is 0. The van der Waals surface area contributed by atoms with Gasteiger partial charge in [0.25, 0.3) is 14.7 Å². The maximum atomic E-state index is 18.6. The van der Waals surface area contributed by atoms with Gasteiger partial charge in [-0.25, -0.2) is 0 Å². The Morgan fingerprint density at radius 3 is 0.811 bits per heavy atom. The van der Waals surface area contributed by atoms with Gasteiger partial charge in [0, 0.05) is 65.7 Å². The second-order valence-electron chi connectivity index (χ2n) is 32.8. The molecule has 0 unspecified atom stereocenters. The molecule has 0 aromatic heterocycles. The SMILES string of the molecule is COc1c(C(C)(C)C)cc(P(=O)(O[C@H](C)[C@](COCc2ccccc2)(OCc2ccccc2)OP(=O)(c2cc(C(C)(C)C)c(OC)c(C(C)(C)C)c2)c2cc(C(C)(C)C)c(OC)c(C(C)(C)C)c2)c2cc(C(C)(C)C)c(OC)c(C(C)(C)C)c2)cc1C(C)(C)C. The van der Waals surface area contributed by atoms with Gasteiger partial charge in [0.05, 0.1) is 41.7 Å². The van der Waals surface area contributed by atoms with Crippen LogP contribution in [-0.4, -0.2) is 46.9 Å². The molecule has 0 heterocycles. The van der Waals surface area contributed by atoms with Crippen molar-refractivity contribution < 1.29 is 46.6 Å². The highest BCUT2D eigenvalue weighted by Crippen LogP contribution is 2.58. The third-order valence-corrected chi connectivity index (χ3v) is 21.8. The lowest BCUT2D eigenvalue weighted by Crippen LogP contribution is -2.52. The van der Waals surface area contributed by atoms with E-state index < -0.39 is 69.9 Å². The van der Waals surface area contributed by atoms with Gasteiger partial charge in [0.2, 0.25) is 5.79 Å². The normalized spacial score (nSPS) is 14.5. The van der Waals surface area contributed by atoms with Crippen molar-refractivity contribution in [3.63, 3.8) is 0 Å². The summed E-state index contributed by atoms with van der Waals surface area (Å²) in [7, 11) is -2.36. The van der Waals surface area contributed by atoms with Gasteiger partial charge in [-0.3, -0.25) is 13.7 Å². The van der Waals surface area contributed by atoms with E-state index in [-0.39, 0.29) is 19.8 Å². The van der Waals surface area contributed by atoms with Crippen molar-refractivity contribution in [2.24, 2.45) is 0 Å². The van der Waals surface area contributed by atoms with Crippen LogP contribution < -0.4 is 40.2 Å². The fraction of sp³-hybridized carbons (Fsp3) is 0.538. The van der Waals surface area contributed by atoms with E-state index in [4.69, 9.17) is 37.5 Å². The minimum atomic E-state index is -4.65. The first-order valence-electron chi connectivity index (χ1n) is 32.0. The largest absolute Gasteiger partial charge is 0.496 e. The molecule has 0 spiro atoms. The zero-order chi connectivity index (χ0) is 68.0. The Morgan fingerprint density at radius 2 is 0.578 bits per heavy atom. The third kappa shape index (κ3) is 16.2. The second kappa shape index (κ2) is 26.7. The average Bonchev–Trinajstić information content (AvgIpc) is 0.743. The predicted molar refractivity (Wildman–Crippen MR) is 377 cm³/mol. The van der Waals surface area contributed by atoms with E-state index in [9.17, 15) is 0 Å². The lowest BCUT2D eigenvalue weighted by Gasteiger charge is -2.43. The molecule has 0 aliphatic rings. The summed E-state index contributed by atoms with van der Waals surface area (Å²) in [5.74, 6) is 0.681. The Balaban J connectivity index is 1.92. The van der Waals surface area contributed by atoms with Gasteiger partial charge in [-0.2, -0.15) is 0 Å². The highest BCUT2D eigenvalue weighted by Gasteiger charge is 2.52. The molecule has 6 aromatic rings. The summed E-state index contributed by atoms with van der Waals surface area (Å²) in [5.41, 5.74) is 4.42. The molecule has 0 aliphatic heterocycles. The summed E-state index contributed by atoms with van der Waals surface area (Å²) in [5, 5.41) is 1.71. The minimum absolute atomic E-state index is 0.0461. The highest BCUT2D eigenvalue weighted by molar-refractivity contribution is 7.74. The van der Waals surface area contributed by atoms with Crippen LogP contribution in [0, 0.1) is 0 Å². The Labute approximate surface area is 544 Å². The number of hydrogen-bond acceptors (Lipinski definition) is 10. The highest BCUT2D eigenvalue weighted by atomic mass is 31.2. The molecule has 6 aromatic carbocycles. The minimum Gasteiger partial charge on any atom is -0.496 e. The first-order chi connectivity index (χ1) is 41.1. The van der Waals surface area contributed by atoms with Crippen LogP contribution >= 0.6 is 14.7 Å². The van der Waals surface area contributed by atoms with Crippen molar-refractivity contribution in [3.8, 4) is 23.0 Å². The Bertz CT molecular complexity index is 3250. The third-order valence-electron chi connectivity index (χ3n) is 16.9. The summed E-state index contributed by atoms with van der Waals surface area (Å²) in [6.07, 6.45) is -1.35. The van der Waals surface area contributed by atoms with Crippen molar-refractivity contribution >= 4 is 36.0 Å². The smallest absolute Gasteiger partial charge is 0.264 e. The number of methoxy groups -OCH3 is 4. The molecule has 494 valence electrons. The molecule has 6 rings (SSSR count). The van der Waals surface area contributed by atoms with Crippen LogP contribution in [0.1, 0.15) is 229 Å². The Hall–Kier alpha value is -5.18. The molecule has 0 fully saturated rings. The van der Waals surface area contributed by atoms with Crippen molar-refractivity contribution in [1.82, 2.24) is 0 Å². The van der Waals surface area contributed by atoms with Gasteiger partial charge in [0.1, 0.15) is 35.7 Å². The summed E-state index contributed by atoms with van der Waals surface area (Å²) < 4.78 is 93.0. The van der Waals surface area contributed by atoms with Gasteiger partial charge in [0.15, 0.2) is 0 Å². The van der Waals surface area contributed by atoms with Gasteiger partial charge in [-0.05, 0) is 110 Å². The van der Waals surface area contributed by atoms with Gasteiger partial charge < -0.3 is 32.9 Å². The van der Waals surface area contributed by atoms with E-state index in [0.29, 0.717) is 44.2 Å². The Morgan fingerprint density at radius 1 is 0.344 bits per heavy atom. The number of benzene rings is 6. The quantitative estimate of drug-likeness (QED) is 0.0542. The van der Waals surface area contributed by atoms with Crippen molar-refractivity contribution in [2.45, 2.75) is 242 Å². The topological polar surface area (TPSA) is 108 Å². The van der Waals surface area contributed by atoms with Crippen molar-refractivity contribution in [2.75, 3.05) is 35.0 Å². The molecular formula is C78H112O10P2. The van der Waals surface area contributed by atoms with Crippen LogP contribution in [0.25, 0.3) is 0 Å². The molecule has 0 saturated heterocycles. The zero-order valence-electron chi connectivity index (χ0n) is 60.6. The van der Waals surface area contributed by atoms with E-state index in [2.05, 4.69) is 166 Å². The fourth-order valence-electron chi connectivity index (χ4n) is 11.6. The van der Waals surface area contributed by atoms with Crippen LogP contribution in [0.4, 0.5) is 0 Å². The molecule has 12 heteroatoms. The average molecular weight is 1270 g/mol. The van der Waals surface area contributed by atoms with Crippen LogP contribution in [0.15, 0.2) is 109 Å². The Kier molecular flexibility index (Phi) is 21.9. The van der Waals surface area contributed by atoms with Crippen LogP contribution in [0.2, 0.25) is 0 Å². The number of hydrogen-bond donors (Lipinski definition) is 0. The molecule has 10 nitrogen and oxygen atoms in total. The maximum Gasteiger partial charge on any atom is 0.264 e. The van der Waals surface area contributed by atoms with Crippen LogP contribution in [-0.2, 0) is 84.2 Å². The molecule has 0 radical (unpaired) electrons. The summed E-state index contributed by atoms with van der Waals surface area (Å²) in [6, 6.07) is 35.7. The first kappa shape index (κ1) is 73.9. The molecule has 0 saturated carbocycles. The molecular weight excluding hydrogens is 1160 g/mol. The van der Waals surface area contributed by atoms with E-state index in [1.807, 2.05) is 116 Å². The fourth-order valence-corrected chi connectivity index (χ4v) is 16.3. The molecule has 0 N–H and O–H groups in total. The lowest BCUT2D eigenvalue weighted by molar-refractivity contribution is -0.258. The summed E-state index contributed by atoms with van der Waals surface area (Å²) in [4.78, 5) is 0. The standard InChI is InChI=1S/C78H112O10P2/c1-51(87-89(79,54-40-58(70(2,3)4)66(81-26)59(41-54)71(5,6)7)55-42-60(72(8,9)10)67(82-27)61(43-55)73(11,12)13)78(86-49-53-38-34-31-35-39-53,50-85-48-52-36-32-30-33-37-52)88-90(80,56-44-62(74(14,15)16)68(83-28)63(45-56)75(17,18)19)57-46-64(76(20,21)22)69(84-29)65(47-57)77(23,24)25/h30-47,51H,48-50H2,1-29H3/t51-,78-/m1/s1. The molecule has 2 atom stereocenters. The van der Waals surface area contributed by atoms with Crippen molar-refractivity contribution in [1.29, 1.82) is 0 Å². The van der Waals surface area contributed by atoms with Crippen LogP contribution in [0.5, 0.6) is 23.0 Å². The molecule has 0 aliphatic carbocycles. The summed E-state index contributed by atoms with van der Waals surface area (Å²) in [6.45, 7) is 52.9. The molecule has 90 heavy (non-hydrogen) atoms. The zero-order valence-corrected chi connectivity index (χ0v) is 62.4. The maximum absolute atomic E-state index is 18.6. The van der Waals surface area contributed by atoms with E-state index >= 15 is 9.13 Å².